The lowest BCUT2D eigenvalue weighted by Crippen LogP contribution is -2.16. The zero-order valence-corrected chi connectivity index (χ0v) is 10.7. The van der Waals surface area contributed by atoms with Gasteiger partial charge in [-0.3, -0.25) is 10.1 Å². The first-order chi connectivity index (χ1) is 9.29. The van der Waals surface area contributed by atoms with E-state index >= 15 is 0 Å². The van der Waals surface area contributed by atoms with Crippen LogP contribution in [0, 0.1) is 6.92 Å². The van der Waals surface area contributed by atoms with Gasteiger partial charge in [0.05, 0.1) is 11.4 Å². The number of nitrogens with two attached hydrogens (primary N) is 1. The molecule has 0 aliphatic rings. The average molecular weight is 287 g/mol. The Labute approximate surface area is 112 Å². The lowest BCUT2D eigenvalue weighted by atomic mass is 10.3. The van der Waals surface area contributed by atoms with E-state index in [1.54, 1.807) is 20.2 Å². The van der Waals surface area contributed by atoms with Gasteiger partial charge in [-0.05, 0) is 6.92 Å². The molecule has 0 aliphatic carbocycles. The minimum absolute atomic E-state index is 0.0311. The zero-order valence-electron chi connectivity index (χ0n) is 10.7. The normalized spacial score (nSPS) is 11.5. The van der Waals surface area contributed by atoms with E-state index in [2.05, 4.69) is 20.4 Å². The van der Waals surface area contributed by atoms with Gasteiger partial charge in [0, 0.05) is 19.3 Å². The maximum Gasteiger partial charge on any atom is 0.433 e. The summed E-state index contributed by atoms with van der Waals surface area (Å²) in [4.78, 5) is 7.08. The third-order valence-electron chi connectivity index (χ3n) is 2.42. The zero-order chi connectivity index (χ0) is 14.9. The molecular weight excluding hydrogens is 275 g/mol. The number of anilines is 3. The number of nitrogen functional groups attached to an aromatic ring is 1. The number of rotatable bonds is 3. The summed E-state index contributed by atoms with van der Waals surface area (Å²) in [6, 6.07) is 0.799. The minimum Gasteiger partial charge on any atom is -0.337 e. The number of hydrogen-bond acceptors (Lipinski definition) is 6. The van der Waals surface area contributed by atoms with Gasteiger partial charge in [0.2, 0.25) is 5.95 Å². The van der Waals surface area contributed by atoms with Crippen LogP contribution < -0.4 is 16.6 Å². The number of halogens is 3. The van der Waals surface area contributed by atoms with E-state index in [4.69, 9.17) is 5.84 Å². The summed E-state index contributed by atoms with van der Waals surface area (Å²) >= 11 is 0. The predicted octanol–water partition coefficient (Wildman–Crippen LogP) is 1.57. The van der Waals surface area contributed by atoms with Crippen LogP contribution in [0.3, 0.4) is 0 Å². The van der Waals surface area contributed by atoms with Gasteiger partial charge in [-0.25, -0.2) is 10.8 Å². The SMILES string of the molecule is Cc1nn(C)cc1Nc1cc(C(F)(F)F)nc(NN)n1. The smallest absolute Gasteiger partial charge is 0.337 e. The van der Waals surface area contributed by atoms with Crippen molar-refractivity contribution in [3.8, 4) is 0 Å². The van der Waals surface area contributed by atoms with Crippen molar-refractivity contribution in [2.24, 2.45) is 12.9 Å². The van der Waals surface area contributed by atoms with Gasteiger partial charge in [0.25, 0.3) is 0 Å². The fraction of sp³-hybridized carbons (Fsp3) is 0.300. The number of hydrazine groups is 1. The summed E-state index contributed by atoms with van der Waals surface area (Å²) in [5, 5.41) is 6.82. The molecular formula is C10H12F3N7. The highest BCUT2D eigenvalue weighted by Gasteiger charge is 2.33. The van der Waals surface area contributed by atoms with Crippen molar-refractivity contribution in [1.29, 1.82) is 0 Å². The van der Waals surface area contributed by atoms with Gasteiger partial charge in [0.1, 0.15) is 5.82 Å². The van der Waals surface area contributed by atoms with Crippen LogP contribution in [-0.4, -0.2) is 19.7 Å². The highest BCUT2D eigenvalue weighted by molar-refractivity contribution is 5.59. The van der Waals surface area contributed by atoms with Crippen molar-refractivity contribution in [1.82, 2.24) is 19.7 Å². The van der Waals surface area contributed by atoms with Crippen LogP contribution in [0.5, 0.6) is 0 Å². The third-order valence-corrected chi connectivity index (χ3v) is 2.42. The summed E-state index contributed by atoms with van der Waals surface area (Å²) in [7, 11) is 1.70. The van der Waals surface area contributed by atoms with E-state index in [-0.39, 0.29) is 11.8 Å². The summed E-state index contributed by atoms with van der Waals surface area (Å²) in [6.45, 7) is 1.72. The number of hydrogen-bond donors (Lipinski definition) is 3. The van der Waals surface area contributed by atoms with Crippen molar-refractivity contribution < 1.29 is 13.2 Å². The van der Waals surface area contributed by atoms with Crippen molar-refractivity contribution in [2.75, 3.05) is 10.7 Å². The number of nitrogens with zero attached hydrogens (tertiary/aromatic N) is 4. The van der Waals surface area contributed by atoms with Crippen LogP contribution in [0.25, 0.3) is 0 Å². The maximum absolute atomic E-state index is 12.7. The van der Waals surface area contributed by atoms with Crippen LogP contribution in [-0.2, 0) is 13.2 Å². The monoisotopic (exact) mass is 287 g/mol. The van der Waals surface area contributed by atoms with Gasteiger partial charge in [-0.2, -0.15) is 23.3 Å². The Bertz CT molecular complexity index is 620. The largest absolute Gasteiger partial charge is 0.433 e. The molecule has 0 unspecified atom stereocenters. The molecule has 0 bridgehead atoms. The number of nitrogens with one attached hydrogen (secondary N) is 2. The van der Waals surface area contributed by atoms with Crippen molar-refractivity contribution in [3.63, 3.8) is 0 Å². The van der Waals surface area contributed by atoms with Crippen molar-refractivity contribution in [3.05, 3.63) is 23.7 Å². The second-order valence-electron chi connectivity index (χ2n) is 4.03. The molecule has 0 saturated carbocycles. The van der Waals surface area contributed by atoms with Crippen LogP contribution >= 0.6 is 0 Å². The molecule has 0 fully saturated rings. The molecule has 2 heterocycles. The highest BCUT2D eigenvalue weighted by Crippen LogP contribution is 2.30. The summed E-state index contributed by atoms with van der Waals surface area (Å²) in [5.41, 5.74) is 2.08. The van der Waals surface area contributed by atoms with Crippen LogP contribution in [0.1, 0.15) is 11.4 Å². The second-order valence-corrected chi connectivity index (χ2v) is 4.03. The Morgan fingerprint density at radius 1 is 1.30 bits per heavy atom. The van der Waals surface area contributed by atoms with Gasteiger partial charge >= 0.3 is 6.18 Å². The summed E-state index contributed by atoms with van der Waals surface area (Å²) < 4.78 is 39.6. The van der Waals surface area contributed by atoms with Crippen molar-refractivity contribution >= 4 is 17.5 Å². The Morgan fingerprint density at radius 3 is 2.50 bits per heavy atom. The van der Waals surface area contributed by atoms with E-state index < -0.39 is 11.9 Å². The molecule has 0 spiro atoms. The van der Waals surface area contributed by atoms with Gasteiger partial charge in [-0.15, -0.1) is 0 Å². The lowest BCUT2D eigenvalue weighted by Gasteiger charge is -2.10. The Kier molecular flexibility index (Phi) is 3.49. The molecule has 4 N–H and O–H groups in total. The molecule has 0 saturated heterocycles. The quantitative estimate of drug-likeness (QED) is 0.586. The topological polar surface area (TPSA) is 93.7 Å². The number of alkyl halides is 3. The summed E-state index contributed by atoms with van der Waals surface area (Å²) in [5.74, 6) is 4.71. The van der Waals surface area contributed by atoms with Crippen LogP contribution in [0.2, 0.25) is 0 Å². The molecule has 0 aliphatic heterocycles. The standard InChI is InChI=1S/C10H12F3N7/c1-5-6(4-20(2)19-5)15-8-3-7(10(11,12)13)16-9(17-8)18-14/h3-4H,14H2,1-2H3,(H2,15,16,17,18). The first-order valence-electron chi connectivity index (χ1n) is 5.50. The minimum atomic E-state index is -4.59. The van der Waals surface area contributed by atoms with E-state index in [9.17, 15) is 13.2 Å². The molecule has 0 radical (unpaired) electrons. The maximum atomic E-state index is 12.7. The molecule has 2 rings (SSSR count). The number of aromatic nitrogens is 4. The lowest BCUT2D eigenvalue weighted by molar-refractivity contribution is -0.141. The molecule has 0 atom stereocenters. The molecule has 7 nitrogen and oxygen atoms in total. The molecule has 2 aromatic rings. The molecule has 108 valence electrons. The van der Waals surface area contributed by atoms with E-state index in [0.29, 0.717) is 11.4 Å². The van der Waals surface area contributed by atoms with E-state index in [1.165, 1.54) is 4.68 Å². The van der Waals surface area contributed by atoms with E-state index in [1.807, 2.05) is 5.43 Å². The highest BCUT2D eigenvalue weighted by atomic mass is 19.4. The van der Waals surface area contributed by atoms with Crippen LogP contribution in [0.4, 0.5) is 30.6 Å². The third kappa shape index (κ3) is 2.96. The van der Waals surface area contributed by atoms with E-state index in [0.717, 1.165) is 6.07 Å². The first-order valence-corrected chi connectivity index (χ1v) is 5.50. The predicted molar refractivity (Wildman–Crippen MR) is 66.1 cm³/mol. The molecule has 20 heavy (non-hydrogen) atoms. The van der Waals surface area contributed by atoms with Crippen molar-refractivity contribution in [2.45, 2.75) is 13.1 Å². The second kappa shape index (κ2) is 4.96. The van der Waals surface area contributed by atoms with Gasteiger partial charge in [-0.1, -0.05) is 0 Å². The molecule has 0 aromatic carbocycles. The van der Waals surface area contributed by atoms with Crippen LogP contribution in [0.15, 0.2) is 12.3 Å². The Hall–Kier alpha value is -2.36. The fourth-order valence-electron chi connectivity index (χ4n) is 1.58. The Morgan fingerprint density at radius 2 is 2.00 bits per heavy atom. The Balaban J connectivity index is 2.38. The molecule has 10 heteroatoms. The van der Waals surface area contributed by atoms with Gasteiger partial charge < -0.3 is 5.32 Å². The average Bonchev–Trinajstić information content (AvgIpc) is 2.66. The molecule has 2 aromatic heterocycles. The first kappa shape index (κ1) is 14.1. The fourth-order valence-corrected chi connectivity index (χ4v) is 1.58. The summed E-state index contributed by atoms with van der Waals surface area (Å²) in [6.07, 6.45) is -2.96. The van der Waals surface area contributed by atoms with Gasteiger partial charge in [0.15, 0.2) is 5.69 Å². The molecule has 0 amide bonds. The number of aryl methyl sites for hydroxylation is 2.